The van der Waals surface area contributed by atoms with E-state index >= 15 is 0 Å². The van der Waals surface area contributed by atoms with Gasteiger partial charge in [0.2, 0.25) is 0 Å². The molecule has 0 fully saturated rings. The van der Waals surface area contributed by atoms with Gasteiger partial charge in [-0.05, 0) is 53.4 Å². The van der Waals surface area contributed by atoms with Gasteiger partial charge < -0.3 is 4.74 Å². The molecule has 2 aromatic rings. The van der Waals surface area contributed by atoms with Gasteiger partial charge >= 0.3 is 5.97 Å². The van der Waals surface area contributed by atoms with Crippen LogP contribution in [-0.4, -0.2) is 11.8 Å². The van der Waals surface area contributed by atoms with E-state index in [1.165, 1.54) is 6.92 Å². The van der Waals surface area contributed by atoms with Crippen molar-refractivity contribution in [3.05, 3.63) is 76.9 Å². The summed E-state index contributed by atoms with van der Waals surface area (Å²) < 4.78 is 5.97. The van der Waals surface area contributed by atoms with Gasteiger partial charge in [0.25, 0.3) is 0 Å². The van der Waals surface area contributed by atoms with Crippen molar-refractivity contribution >= 4 is 11.8 Å². The Kier molecular flexibility index (Phi) is 5.77. The van der Waals surface area contributed by atoms with Crippen molar-refractivity contribution in [1.82, 2.24) is 0 Å². The molecule has 0 bridgehead atoms. The summed E-state index contributed by atoms with van der Waals surface area (Å²) in [6.45, 7) is 16.3. The molecule has 1 heterocycles. The standard InChI is InChI=1S/C27H32O3/c1-17(2)13-20-14-22(26(5,6)7)15-23-24(20)30-25(29)27(23,16-18(3)19(4)28)21-11-9-8-10-12-21/h8-12,14-15,17H,3,13,16H2,1-2,4-7H3. The van der Waals surface area contributed by atoms with Crippen molar-refractivity contribution in [3.63, 3.8) is 0 Å². The largest absolute Gasteiger partial charge is 0.425 e. The minimum Gasteiger partial charge on any atom is -0.425 e. The van der Waals surface area contributed by atoms with Crippen LogP contribution in [0.2, 0.25) is 0 Å². The van der Waals surface area contributed by atoms with Crippen LogP contribution in [0, 0.1) is 5.92 Å². The lowest BCUT2D eigenvalue weighted by atomic mass is 9.69. The van der Waals surface area contributed by atoms with Crippen molar-refractivity contribution in [2.24, 2.45) is 5.92 Å². The highest BCUT2D eigenvalue weighted by molar-refractivity contribution is 5.99. The molecule has 3 nitrogen and oxygen atoms in total. The molecule has 0 saturated carbocycles. The van der Waals surface area contributed by atoms with Crippen LogP contribution in [0.1, 0.15) is 70.2 Å². The van der Waals surface area contributed by atoms with Crippen LogP contribution in [0.4, 0.5) is 0 Å². The van der Waals surface area contributed by atoms with Gasteiger partial charge in [-0.1, -0.05) is 83.7 Å². The summed E-state index contributed by atoms with van der Waals surface area (Å²) in [6, 6.07) is 13.9. The number of allylic oxidation sites excluding steroid dienone is 1. The molecule has 0 saturated heterocycles. The highest BCUT2D eigenvalue weighted by atomic mass is 16.5. The van der Waals surface area contributed by atoms with Crippen molar-refractivity contribution in [1.29, 1.82) is 0 Å². The SMILES string of the molecule is C=C(CC1(c2ccccc2)C(=O)Oc2c(CC(C)C)cc(C(C)(C)C)cc21)C(C)=O. The lowest BCUT2D eigenvalue weighted by Gasteiger charge is -2.29. The van der Waals surface area contributed by atoms with Crippen molar-refractivity contribution in [2.75, 3.05) is 0 Å². The van der Waals surface area contributed by atoms with E-state index in [1.807, 2.05) is 30.3 Å². The zero-order valence-corrected chi connectivity index (χ0v) is 19.0. The lowest BCUT2D eigenvalue weighted by Crippen LogP contribution is -2.36. The second-order valence-corrected chi connectivity index (χ2v) is 9.86. The van der Waals surface area contributed by atoms with E-state index in [4.69, 9.17) is 4.74 Å². The minimum absolute atomic E-state index is 0.0909. The topological polar surface area (TPSA) is 43.4 Å². The quantitative estimate of drug-likeness (QED) is 0.341. The smallest absolute Gasteiger partial charge is 0.326 e. The first-order valence-electron chi connectivity index (χ1n) is 10.6. The normalized spacial score (nSPS) is 18.3. The molecular formula is C27H32O3. The Morgan fingerprint density at radius 2 is 1.77 bits per heavy atom. The van der Waals surface area contributed by atoms with Gasteiger partial charge in [-0.2, -0.15) is 0 Å². The molecule has 1 aliphatic heterocycles. The Bertz CT molecular complexity index is 993. The van der Waals surface area contributed by atoms with E-state index in [0.29, 0.717) is 17.2 Å². The average molecular weight is 405 g/mol. The van der Waals surface area contributed by atoms with Gasteiger partial charge in [0.1, 0.15) is 11.2 Å². The third-order valence-corrected chi connectivity index (χ3v) is 5.91. The highest BCUT2D eigenvalue weighted by Crippen LogP contribution is 2.51. The van der Waals surface area contributed by atoms with E-state index in [0.717, 1.165) is 28.7 Å². The van der Waals surface area contributed by atoms with Gasteiger partial charge in [-0.25, -0.2) is 0 Å². The Hall–Kier alpha value is -2.68. The zero-order valence-electron chi connectivity index (χ0n) is 19.0. The predicted octanol–water partition coefficient (Wildman–Crippen LogP) is 5.92. The van der Waals surface area contributed by atoms with E-state index < -0.39 is 5.41 Å². The summed E-state index contributed by atoms with van der Waals surface area (Å²) in [5.41, 5.74) is 3.16. The molecule has 158 valence electrons. The van der Waals surface area contributed by atoms with Gasteiger partial charge in [-0.15, -0.1) is 0 Å². The maximum Gasteiger partial charge on any atom is 0.326 e. The third-order valence-electron chi connectivity index (χ3n) is 5.91. The lowest BCUT2D eigenvalue weighted by molar-refractivity contribution is -0.136. The fraction of sp³-hybridized carbons (Fsp3) is 0.407. The van der Waals surface area contributed by atoms with Crippen molar-refractivity contribution < 1.29 is 14.3 Å². The van der Waals surface area contributed by atoms with Gasteiger partial charge in [0, 0.05) is 5.56 Å². The molecule has 0 spiro atoms. The highest BCUT2D eigenvalue weighted by Gasteiger charge is 2.52. The number of esters is 1. The molecule has 30 heavy (non-hydrogen) atoms. The number of Topliss-reactive ketones (excluding diaryl/α,β-unsaturated/α-hetero) is 1. The number of hydrogen-bond donors (Lipinski definition) is 0. The second-order valence-electron chi connectivity index (χ2n) is 9.86. The minimum atomic E-state index is -1.06. The molecule has 2 aromatic carbocycles. The number of carbonyl (C=O) groups is 2. The number of ether oxygens (including phenoxy) is 1. The number of ketones is 1. The van der Waals surface area contributed by atoms with Gasteiger partial charge in [0.15, 0.2) is 5.78 Å². The first-order valence-corrected chi connectivity index (χ1v) is 10.6. The van der Waals surface area contributed by atoms with E-state index in [9.17, 15) is 9.59 Å². The first-order chi connectivity index (χ1) is 14.0. The van der Waals surface area contributed by atoms with Crippen LogP contribution in [0.3, 0.4) is 0 Å². The molecular weight excluding hydrogens is 372 g/mol. The number of benzene rings is 2. The van der Waals surface area contributed by atoms with E-state index in [-0.39, 0.29) is 23.6 Å². The molecule has 1 aliphatic rings. The van der Waals surface area contributed by atoms with Crippen molar-refractivity contribution in [3.8, 4) is 5.75 Å². The monoisotopic (exact) mass is 404 g/mol. The second kappa shape index (κ2) is 7.86. The summed E-state index contributed by atoms with van der Waals surface area (Å²) in [6.07, 6.45) is 1.03. The molecule has 0 aromatic heterocycles. The molecule has 0 aliphatic carbocycles. The Labute approximate surface area is 180 Å². The Morgan fingerprint density at radius 3 is 2.30 bits per heavy atom. The molecule has 1 atom stereocenters. The summed E-state index contributed by atoms with van der Waals surface area (Å²) >= 11 is 0. The van der Waals surface area contributed by atoms with Crippen LogP contribution in [-0.2, 0) is 26.8 Å². The van der Waals surface area contributed by atoms with Crippen molar-refractivity contribution in [2.45, 2.75) is 65.2 Å². The van der Waals surface area contributed by atoms with E-state index in [2.05, 4.69) is 53.3 Å². The predicted molar refractivity (Wildman–Crippen MR) is 121 cm³/mol. The van der Waals surface area contributed by atoms with E-state index in [1.54, 1.807) is 0 Å². The number of hydrogen-bond acceptors (Lipinski definition) is 3. The van der Waals surface area contributed by atoms with Crippen LogP contribution >= 0.6 is 0 Å². The molecule has 3 rings (SSSR count). The molecule has 1 unspecified atom stereocenters. The van der Waals surface area contributed by atoms with Crippen LogP contribution < -0.4 is 4.74 Å². The van der Waals surface area contributed by atoms with Crippen LogP contribution in [0.5, 0.6) is 5.75 Å². The van der Waals surface area contributed by atoms with Gasteiger partial charge in [0.05, 0.1) is 0 Å². The number of fused-ring (bicyclic) bond motifs is 1. The molecule has 0 radical (unpaired) electrons. The van der Waals surface area contributed by atoms with Crippen LogP contribution in [0.25, 0.3) is 0 Å². The Morgan fingerprint density at radius 1 is 1.13 bits per heavy atom. The fourth-order valence-electron chi connectivity index (χ4n) is 4.15. The molecule has 0 amide bonds. The zero-order chi connectivity index (χ0) is 22.3. The maximum absolute atomic E-state index is 13.5. The summed E-state index contributed by atoms with van der Waals surface area (Å²) in [5.74, 6) is 0.631. The fourth-order valence-corrected chi connectivity index (χ4v) is 4.15. The first kappa shape index (κ1) is 22.0. The molecule has 0 N–H and O–H groups in total. The number of rotatable bonds is 6. The summed E-state index contributed by atoms with van der Waals surface area (Å²) in [7, 11) is 0. The summed E-state index contributed by atoms with van der Waals surface area (Å²) in [5, 5.41) is 0. The Balaban J connectivity index is 2.35. The van der Waals surface area contributed by atoms with Crippen LogP contribution in [0.15, 0.2) is 54.6 Å². The molecule has 3 heteroatoms. The van der Waals surface area contributed by atoms with Gasteiger partial charge in [-0.3, -0.25) is 9.59 Å². The number of carbonyl (C=O) groups excluding carboxylic acids is 2. The third kappa shape index (κ3) is 3.86. The summed E-state index contributed by atoms with van der Waals surface area (Å²) in [4.78, 5) is 25.6. The maximum atomic E-state index is 13.5. The average Bonchev–Trinajstić information content (AvgIpc) is 2.94.